The first-order valence-electron chi connectivity index (χ1n) is 6.21. The number of benzene rings is 1. The normalized spacial score (nSPS) is 10.9. The first kappa shape index (κ1) is 12.5. The van der Waals surface area contributed by atoms with Gasteiger partial charge in [0.2, 0.25) is 5.95 Å². The number of hydrogen-bond acceptors (Lipinski definition) is 3. The van der Waals surface area contributed by atoms with Gasteiger partial charge in [-0.05, 0) is 36.2 Å². The topological polar surface area (TPSA) is 42.2 Å². The second-order valence-corrected chi connectivity index (χ2v) is 4.39. The Morgan fingerprint density at radius 2 is 2.00 bits per heavy atom. The number of aromatic nitrogens is 3. The zero-order valence-corrected chi connectivity index (χ0v) is 10.6. The standard InChI is InChI=1S/C14H12F2N4/c15-11-3-1-2-10(8-11)6-7-17-14-18-13-5-4-12(16)9-20(13)19-14/h1-5,8-9H,6-7H2,(H,17,19). The first-order valence-corrected chi connectivity index (χ1v) is 6.21. The van der Waals surface area contributed by atoms with E-state index in [1.54, 1.807) is 12.1 Å². The van der Waals surface area contributed by atoms with Gasteiger partial charge in [0, 0.05) is 6.54 Å². The summed E-state index contributed by atoms with van der Waals surface area (Å²) in [5.74, 6) is -0.190. The van der Waals surface area contributed by atoms with Gasteiger partial charge in [0.1, 0.15) is 11.6 Å². The fraction of sp³-hybridized carbons (Fsp3) is 0.143. The Labute approximate surface area is 114 Å². The highest BCUT2D eigenvalue weighted by Gasteiger charge is 2.03. The zero-order chi connectivity index (χ0) is 13.9. The molecule has 20 heavy (non-hydrogen) atoms. The third-order valence-corrected chi connectivity index (χ3v) is 2.88. The summed E-state index contributed by atoms with van der Waals surface area (Å²) < 4.78 is 27.4. The predicted molar refractivity (Wildman–Crippen MR) is 71.5 cm³/mol. The summed E-state index contributed by atoms with van der Waals surface area (Å²) in [6.07, 6.45) is 1.92. The van der Waals surface area contributed by atoms with Crippen molar-refractivity contribution in [1.29, 1.82) is 0 Å². The highest BCUT2D eigenvalue weighted by Crippen LogP contribution is 2.08. The van der Waals surface area contributed by atoms with Gasteiger partial charge in [-0.15, -0.1) is 5.10 Å². The average molecular weight is 274 g/mol. The Hall–Kier alpha value is -2.50. The molecule has 2 aromatic heterocycles. The minimum atomic E-state index is -0.367. The fourth-order valence-electron chi connectivity index (χ4n) is 1.94. The number of nitrogens with zero attached hydrogens (tertiary/aromatic N) is 3. The fourth-order valence-corrected chi connectivity index (χ4v) is 1.94. The van der Waals surface area contributed by atoms with E-state index in [-0.39, 0.29) is 11.6 Å². The molecule has 0 aliphatic rings. The Morgan fingerprint density at radius 1 is 1.10 bits per heavy atom. The lowest BCUT2D eigenvalue weighted by molar-refractivity contribution is 0.615. The third kappa shape index (κ3) is 2.74. The molecule has 1 N–H and O–H groups in total. The van der Waals surface area contributed by atoms with Gasteiger partial charge >= 0.3 is 0 Å². The van der Waals surface area contributed by atoms with Gasteiger partial charge in [-0.3, -0.25) is 0 Å². The molecule has 0 atom stereocenters. The van der Waals surface area contributed by atoms with Crippen molar-refractivity contribution in [1.82, 2.24) is 14.6 Å². The van der Waals surface area contributed by atoms with Crippen molar-refractivity contribution in [3.63, 3.8) is 0 Å². The summed E-state index contributed by atoms with van der Waals surface area (Å²) in [5, 5.41) is 7.14. The maximum absolute atomic E-state index is 13.0. The molecule has 0 fully saturated rings. The number of hydrogen-bond donors (Lipinski definition) is 1. The molecular weight excluding hydrogens is 262 g/mol. The molecule has 1 aromatic carbocycles. The van der Waals surface area contributed by atoms with E-state index in [9.17, 15) is 8.78 Å². The van der Waals surface area contributed by atoms with E-state index in [1.165, 1.54) is 28.9 Å². The second-order valence-electron chi connectivity index (χ2n) is 4.39. The Kier molecular flexibility index (Phi) is 3.28. The van der Waals surface area contributed by atoms with Crippen LogP contribution in [0.5, 0.6) is 0 Å². The van der Waals surface area contributed by atoms with Crippen molar-refractivity contribution in [2.45, 2.75) is 6.42 Å². The van der Waals surface area contributed by atoms with Crippen LogP contribution in [0, 0.1) is 11.6 Å². The van der Waals surface area contributed by atoms with Gasteiger partial charge in [0.15, 0.2) is 5.65 Å². The van der Waals surface area contributed by atoms with Crippen molar-refractivity contribution in [2.24, 2.45) is 0 Å². The summed E-state index contributed by atoms with van der Waals surface area (Å²) in [7, 11) is 0. The van der Waals surface area contributed by atoms with E-state index in [1.807, 2.05) is 6.07 Å². The number of pyridine rings is 1. The summed E-state index contributed by atoms with van der Waals surface area (Å²) in [5.41, 5.74) is 1.46. The van der Waals surface area contributed by atoms with Gasteiger partial charge in [-0.1, -0.05) is 12.1 Å². The molecule has 102 valence electrons. The molecule has 0 saturated carbocycles. The Balaban J connectivity index is 1.65. The van der Waals surface area contributed by atoms with Crippen LogP contribution in [0.3, 0.4) is 0 Å². The highest BCUT2D eigenvalue weighted by molar-refractivity contribution is 5.43. The molecule has 3 rings (SSSR count). The van der Waals surface area contributed by atoms with Crippen LogP contribution < -0.4 is 5.32 Å². The third-order valence-electron chi connectivity index (χ3n) is 2.88. The van der Waals surface area contributed by atoms with Gasteiger partial charge in [0.25, 0.3) is 0 Å². The maximum atomic E-state index is 13.0. The van der Waals surface area contributed by atoms with Crippen LogP contribution in [0.2, 0.25) is 0 Å². The minimum absolute atomic E-state index is 0.246. The molecule has 4 nitrogen and oxygen atoms in total. The van der Waals surface area contributed by atoms with Gasteiger partial charge in [-0.25, -0.2) is 13.3 Å². The van der Waals surface area contributed by atoms with Gasteiger partial charge < -0.3 is 5.32 Å². The average Bonchev–Trinajstić information content (AvgIpc) is 2.80. The van der Waals surface area contributed by atoms with E-state index < -0.39 is 0 Å². The lowest BCUT2D eigenvalue weighted by Crippen LogP contribution is -2.06. The van der Waals surface area contributed by atoms with Crippen LogP contribution in [-0.2, 0) is 6.42 Å². The molecular formula is C14H12F2N4. The summed E-state index contributed by atoms with van der Waals surface area (Å²) in [4.78, 5) is 4.20. The van der Waals surface area contributed by atoms with Crippen LogP contribution in [0.25, 0.3) is 5.65 Å². The van der Waals surface area contributed by atoms with E-state index in [0.717, 1.165) is 5.56 Å². The van der Waals surface area contributed by atoms with Crippen molar-refractivity contribution < 1.29 is 8.78 Å². The van der Waals surface area contributed by atoms with Crippen LogP contribution in [0.4, 0.5) is 14.7 Å². The summed E-state index contributed by atoms with van der Waals surface area (Å²) in [6, 6.07) is 9.33. The molecule has 3 aromatic rings. The van der Waals surface area contributed by atoms with E-state index in [0.29, 0.717) is 24.6 Å². The van der Waals surface area contributed by atoms with Crippen LogP contribution in [-0.4, -0.2) is 21.1 Å². The van der Waals surface area contributed by atoms with Crippen molar-refractivity contribution in [2.75, 3.05) is 11.9 Å². The zero-order valence-electron chi connectivity index (χ0n) is 10.6. The largest absolute Gasteiger partial charge is 0.353 e. The molecule has 2 heterocycles. The van der Waals surface area contributed by atoms with Crippen molar-refractivity contribution in [3.05, 3.63) is 59.8 Å². The number of anilines is 1. The molecule has 0 saturated heterocycles. The highest BCUT2D eigenvalue weighted by atomic mass is 19.1. The van der Waals surface area contributed by atoms with Crippen LogP contribution in [0.1, 0.15) is 5.56 Å². The van der Waals surface area contributed by atoms with E-state index >= 15 is 0 Å². The molecule has 0 radical (unpaired) electrons. The van der Waals surface area contributed by atoms with E-state index in [2.05, 4.69) is 15.4 Å². The van der Waals surface area contributed by atoms with Gasteiger partial charge in [0.05, 0.1) is 6.20 Å². The first-order chi connectivity index (χ1) is 9.70. The number of rotatable bonds is 4. The predicted octanol–water partition coefficient (Wildman–Crippen LogP) is 2.66. The number of nitrogens with one attached hydrogen (secondary N) is 1. The molecule has 0 unspecified atom stereocenters. The Bertz CT molecular complexity index is 739. The maximum Gasteiger partial charge on any atom is 0.243 e. The Morgan fingerprint density at radius 3 is 2.85 bits per heavy atom. The molecule has 0 aliphatic carbocycles. The summed E-state index contributed by atoms with van der Waals surface area (Å²) >= 11 is 0. The number of halogens is 2. The van der Waals surface area contributed by atoms with Gasteiger partial charge in [-0.2, -0.15) is 4.98 Å². The molecule has 0 aliphatic heterocycles. The van der Waals surface area contributed by atoms with E-state index in [4.69, 9.17) is 0 Å². The SMILES string of the molecule is Fc1cccc(CCNc2nc3ccc(F)cn3n2)c1. The molecule has 0 amide bonds. The molecule has 6 heteroatoms. The minimum Gasteiger partial charge on any atom is -0.353 e. The molecule has 0 bridgehead atoms. The number of fused-ring (bicyclic) bond motifs is 1. The lowest BCUT2D eigenvalue weighted by atomic mass is 10.1. The lowest BCUT2D eigenvalue weighted by Gasteiger charge is -2.02. The van der Waals surface area contributed by atoms with Crippen molar-refractivity contribution in [3.8, 4) is 0 Å². The summed E-state index contributed by atoms with van der Waals surface area (Å²) in [6.45, 7) is 0.572. The van der Waals surface area contributed by atoms with Crippen molar-refractivity contribution >= 4 is 11.6 Å². The van der Waals surface area contributed by atoms with Crippen LogP contribution in [0.15, 0.2) is 42.6 Å². The molecule has 0 spiro atoms. The monoisotopic (exact) mass is 274 g/mol. The van der Waals surface area contributed by atoms with Crippen LogP contribution >= 0.6 is 0 Å². The second kappa shape index (κ2) is 5.24. The smallest absolute Gasteiger partial charge is 0.243 e. The quantitative estimate of drug-likeness (QED) is 0.795.